The predicted molar refractivity (Wildman–Crippen MR) is 127 cm³/mol. The third-order valence-corrected chi connectivity index (χ3v) is 6.16. The Morgan fingerprint density at radius 1 is 0.900 bits per heavy atom. The summed E-state index contributed by atoms with van der Waals surface area (Å²) >= 11 is 0. The minimum atomic E-state index is -0.492. The molecule has 0 saturated heterocycles. The van der Waals surface area contributed by atoms with Crippen molar-refractivity contribution in [2.75, 3.05) is 0 Å². The lowest BCUT2D eigenvalue weighted by atomic mass is 9.85. The van der Waals surface area contributed by atoms with Gasteiger partial charge in [0, 0.05) is 0 Å². The second kappa shape index (κ2) is 11.6. The maximum Gasteiger partial charge on any atom is 0.317 e. The molecule has 0 N–H and O–H groups in total. The van der Waals surface area contributed by atoms with Crippen molar-refractivity contribution in [2.45, 2.75) is 72.8 Å². The van der Waals surface area contributed by atoms with Gasteiger partial charge in [-0.1, -0.05) is 65.1 Å². The molecule has 0 heterocycles. The molecule has 0 aliphatic carbocycles. The molecule has 30 heavy (non-hydrogen) atoms. The summed E-state index contributed by atoms with van der Waals surface area (Å²) in [7, 11) is 0. The van der Waals surface area contributed by atoms with Crippen molar-refractivity contribution < 1.29 is 14.3 Å². The molecule has 3 heteroatoms. The summed E-state index contributed by atoms with van der Waals surface area (Å²) in [6.07, 6.45) is 10.3. The van der Waals surface area contributed by atoms with E-state index in [9.17, 15) is 4.79 Å². The molecule has 0 amide bonds. The van der Waals surface area contributed by atoms with Gasteiger partial charge in [-0.25, -0.2) is 0 Å². The van der Waals surface area contributed by atoms with E-state index in [0.717, 1.165) is 42.6 Å². The van der Waals surface area contributed by atoms with E-state index in [1.807, 2.05) is 51.1 Å². The third-order valence-electron chi connectivity index (χ3n) is 6.16. The summed E-state index contributed by atoms with van der Waals surface area (Å²) in [5.41, 5.74) is 1.27. The molecule has 0 aromatic heterocycles. The second-order valence-electron chi connectivity index (χ2n) is 8.04. The van der Waals surface area contributed by atoms with Crippen LogP contribution in [0.4, 0.5) is 0 Å². The summed E-state index contributed by atoms with van der Waals surface area (Å²) in [6.45, 7) is 20.0. The third kappa shape index (κ3) is 6.76. The van der Waals surface area contributed by atoms with Gasteiger partial charge in [-0.05, 0) is 75.0 Å². The van der Waals surface area contributed by atoms with E-state index in [0.29, 0.717) is 5.76 Å². The normalized spacial score (nSPS) is 13.0. The van der Waals surface area contributed by atoms with Gasteiger partial charge in [-0.15, -0.1) is 0 Å². The van der Waals surface area contributed by atoms with Gasteiger partial charge >= 0.3 is 5.97 Å². The molecule has 0 spiro atoms. The van der Waals surface area contributed by atoms with Gasteiger partial charge < -0.3 is 9.47 Å². The van der Waals surface area contributed by atoms with Crippen LogP contribution in [0.1, 0.15) is 72.8 Å². The Bertz CT molecular complexity index is 773. The van der Waals surface area contributed by atoms with Gasteiger partial charge in [0.25, 0.3) is 0 Å². The molecule has 1 aromatic rings. The van der Waals surface area contributed by atoms with Gasteiger partial charge in [0.1, 0.15) is 17.1 Å². The van der Waals surface area contributed by atoms with Crippen LogP contribution < -0.4 is 4.74 Å². The molecule has 3 nitrogen and oxygen atoms in total. The lowest BCUT2D eigenvalue weighted by Gasteiger charge is -2.28. The first kappa shape index (κ1) is 25.5. The Labute approximate surface area is 183 Å². The predicted octanol–water partition coefficient (Wildman–Crippen LogP) is 7.65. The van der Waals surface area contributed by atoms with Crippen LogP contribution in [0.5, 0.6) is 5.75 Å². The number of hydrogen-bond acceptors (Lipinski definition) is 3. The summed E-state index contributed by atoms with van der Waals surface area (Å²) in [5, 5.41) is 0. The maximum atomic E-state index is 12.5. The van der Waals surface area contributed by atoms with Crippen LogP contribution in [0.2, 0.25) is 0 Å². The van der Waals surface area contributed by atoms with Gasteiger partial charge in [0.15, 0.2) is 0 Å². The Kier molecular flexibility index (Phi) is 9.84. The van der Waals surface area contributed by atoms with E-state index in [2.05, 4.69) is 33.9 Å². The Morgan fingerprint density at radius 3 is 1.90 bits per heavy atom. The van der Waals surface area contributed by atoms with Crippen molar-refractivity contribution in [3.63, 3.8) is 0 Å². The molecule has 0 unspecified atom stereocenters. The maximum absolute atomic E-state index is 12.5. The van der Waals surface area contributed by atoms with Crippen LogP contribution in [-0.4, -0.2) is 11.6 Å². The Hall–Kier alpha value is -2.55. The van der Waals surface area contributed by atoms with Crippen LogP contribution in [0, 0.1) is 5.41 Å². The first-order valence-corrected chi connectivity index (χ1v) is 10.9. The number of benzene rings is 1. The number of ether oxygens (including phenoxy) is 2. The number of hydrogen-bond donors (Lipinski definition) is 0. The molecule has 0 bridgehead atoms. The highest BCUT2D eigenvalue weighted by Crippen LogP contribution is 2.29. The highest BCUT2D eigenvalue weighted by molar-refractivity contribution is 5.78. The molecule has 0 fully saturated rings. The Morgan fingerprint density at radius 2 is 1.47 bits per heavy atom. The Balaban J connectivity index is 3.03. The first-order chi connectivity index (χ1) is 14.2. The van der Waals surface area contributed by atoms with E-state index >= 15 is 0 Å². The largest absolute Gasteiger partial charge is 0.488 e. The second-order valence-corrected chi connectivity index (χ2v) is 8.04. The number of allylic oxidation sites excluding steroid dienone is 5. The lowest BCUT2D eigenvalue weighted by molar-refractivity contribution is -0.150. The molecular formula is C27H38O3. The van der Waals surface area contributed by atoms with Crippen LogP contribution in [-0.2, 0) is 9.53 Å². The minimum absolute atomic E-state index is 0.157. The van der Waals surface area contributed by atoms with E-state index < -0.39 is 5.41 Å². The fourth-order valence-corrected chi connectivity index (χ4v) is 2.76. The zero-order chi connectivity index (χ0) is 22.8. The zero-order valence-electron chi connectivity index (χ0n) is 19.6. The molecule has 1 aromatic carbocycles. The average Bonchev–Trinajstić information content (AvgIpc) is 2.78. The quantitative estimate of drug-likeness (QED) is 0.202. The van der Waals surface area contributed by atoms with Crippen molar-refractivity contribution in [3.8, 4) is 5.75 Å². The lowest BCUT2D eigenvalue weighted by Crippen LogP contribution is -2.30. The standard InChI is InChI=1S/C27H38O3/c1-9-21(15-18-23(10-2)29-25(28)26(7,11-3)12-4)22-16-19-24(20-17-22)30-27(8,13-5)14-6/h9-10,15-20H,1-2,11-14H2,3-8H3/b21-15+,23-18+. The highest BCUT2D eigenvalue weighted by atomic mass is 16.5. The summed E-state index contributed by atoms with van der Waals surface area (Å²) in [6, 6.07) is 7.96. The van der Waals surface area contributed by atoms with Gasteiger partial charge in [0.2, 0.25) is 0 Å². The van der Waals surface area contributed by atoms with E-state index in [4.69, 9.17) is 9.47 Å². The van der Waals surface area contributed by atoms with E-state index in [1.165, 1.54) is 0 Å². The average molecular weight is 411 g/mol. The minimum Gasteiger partial charge on any atom is -0.488 e. The van der Waals surface area contributed by atoms with Crippen LogP contribution in [0.3, 0.4) is 0 Å². The van der Waals surface area contributed by atoms with Crippen LogP contribution >= 0.6 is 0 Å². The fourth-order valence-electron chi connectivity index (χ4n) is 2.76. The number of carbonyl (C=O) groups is 1. The van der Waals surface area contributed by atoms with Crippen LogP contribution in [0.15, 0.2) is 67.5 Å². The van der Waals surface area contributed by atoms with E-state index in [1.54, 1.807) is 18.2 Å². The van der Waals surface area contributed by atoms with Crippen molar-refractivity contribution in [1.29, 1.82) is 0 Å². The molecule has 0 aliphatic heterocycles. The fraction of sp³-hybridized carbons (Fsp3) is 0.444. The van der Waals surface area contributed by atoms with Gasteiger partial charge in [-0.3, -0.25) is 4.79 Å². The van der Waals surface area contributed by atoms with Crippen molar-refractivity contribution in [2.24, 2.45) is 5.41 Å². The molecular weight excluding hydrogens is 372 g/mol. The van der Waals surface area contributed by atoms with Crippen molar-refractivity contribution >= 4 is 11.5 Å². The molecule has 164 valence electrons. The monoisotopic (exact) mass is 410 g/mol. The van der Waals surface area contributed by atoms with E-state index in [-0.39, 0.29) is 11.6 Å². The van der Waals surface area contributed by atoms with Crippen molar-refractivity contribution in [3.05, 3.63) is 73.1 Å². The molecule has 0 radical (unpaired) electrons. The molecule has 0 saturated carbocycles. The molecule has 0 aliphatic rings. The SMILES string of the molecule is C=C/C(=C\C=C(/C=C)c1ccc(OC(C)(CC)CC)cc1)OC(=O)C(C)(CC)CC. The van der Waals surface area contributed by atoms with Crippen LogP contribution in [0.25, 0.3) is 5.57 Å². The smallest absolute Gasteiger partial charge is 0.317 e. The summed E-state index contributed by atoms with van der Waals surface area (Å²) < 4.78 is 11.7. The first-order valence-electron chi connectivity index (χ1n) is 10.9. The number of esters is 1. The summed E-state index contributed by atoms with van der Waals surface area (Å²) in [4.78, 5) is 12.5. The molecule has 0 atom stereocenters. The van der Waals surface area contributed by atoms with Crippen molar-refractivity contribution in [1.82, 2.24) is 0 Å². The van der Waals surface area contributed by atoms with Gasteiger partial charge in [-0.2, -0.15) is 0 Å². The topological polar surface area (TPSA) is 35.5 Å². The highest BCUT2D eigenvalue weighted by Gasteiger charge is 2.31. The number of rotatable bonds is 12. The van der Waals surface area contributed by atoms with Gasteiger partial charge in [0.05, 0.1) is 5.41 Å². The molecule has 1 rings (SSSR count). The zero-order valence-corrected chi connectivity index (χ0v) is 19.6. The number of carbonyl (C=O) groups excluding carboxylic acids is 1. The summed E-state index contributed by atoms with van der Waals surface area (Å²) in [5.74, 6) is 1.04.